The van der Waals surface area contributed by atoms with E-state index in [-0.39, 0.29) is 0 Å². The molecule has 82 valence electrons. The summed E-state index contributed by atoms with van der Waals surface area (Å²) in [7, 11) is 0. The Morgan fingerprint density at radius 3 is 2.40 bits per heavy atom. The van der Waals surface area contributed by atoms with Gasteiger partial charge in [0.05, 0.1) is 39.1 Å². The molecule has 3 aliphatic heterocycles. The molecule has 0 radical (unpaired) electrons. The van der Waals surface area contributed by atoms with Gasteiger partial charge in [-0.05, 0) is 6.92 Å². The molecule has 0 aromatic rings. The third-order valence-electron chi connectivity index (χ3n) is 4.34. The van der Waals surface area contributed by atoms with Gasteiger partial charge in [-0.15, -0.1) is 5.92 Å². The van der Waals surface area contributed by atoms with Gasteiger partial charge in [0.25, 0.3) is 0 Å². The molecule has 3 nitrogen and oxygen atoms in total. The molecule has 0 aromatic heterocycles. The van der Waals surface area contributed by atoms with Crippen LogP contribution in [0.4, 0.5) is 0 Å². The van der Waals surface area contributed by atoms with E-state index in [0.29, 0.717) is 0 Å². The van der Waals surface area contributed by atoms with Crippen LogP contribution in [0, 0.1) is 11.8 Å². The number of quaternary nitrogens is 1. The smallest absolute Gasteiger partial charge is 0.205 e. The number of hydrogen-bond donors (Lipinski definition) is 0. The minimum atomic E-state index is 0.726. The van der Waals surface area contributed by atoms with Crippen LogP contribution in [0.2, 0.25) is 0 Å². The van der Waals surface area contributed by atoms with Crippen molar-refractivity contribution in [1.29, 1.82) is 0 Å². The minimum Gasteiger partial charge on any atom is -0.292 e. The molecule has 0 amide bonds. The van der Waals surface area contributed by atoms with Crippen molar-refractivity contribution in [2.45, 2.75) is 19.6 Å². The van der Waals surface area contributed by atoms with Gasteiger partial charge in [-0.25, -0.2) is 9.80 Å². The summed E-state index contributed by atoms with van der Waals surface area (Å²) in [6.45, 7) is 11.1. The molecule has 0 bridgehead atoms. The highest BCUT2D eigenvalue weighted by Crippen LogP contribution is 2.35. The molecule has 15 heavy (non-hydrogen) atoms. The predicted molar refractivity (Wildman–Crippen MR) is 59.9 cm³/mol. The molecule has 0 saturated carbocycles. The second kappa shape index (κ2) is 3.48. The summed E-state index contributed by atoms with van der Waals surface area (Å²) in [6.07, 6.45) is 1.80. The van der Waals surface area contributed by atoms with E-state index in [0.717, 1.165) is 12.7 Å². The molecule has 3 saturated heterocycles. The van der Waals surface area contributed by atoms with Crippen molar-refractivity contribution < 1.29 is 4.48 Å². The zero-order valence-electron chi connectivity index (χ0n) is 9.58. The Labute approximate surface area is 92.2 Å². The van der Waals surface area contributed by atoms with Crippen LogP contribution in [0.3, 0.4) is 0 Å². The highest BCUT2D eigenvalue weighted by Gasteiger charge is 2.56. The topological polar surface area (TPSA) is 6.48 Å². The number of hydrogen-bond acceptors (Lipinski definition) is 2. The van der Waals surface area contributed by atoms with Crippen LogP contribution >= 0.6 is 0 Å². The first-order valence-electron chi connectivity index (χ1n) is 6.09. The zero-order valence-corrected chi connectivity index (χ0v) is 9.58. The maximum atomic E-state index is 3.23. The van der Waals surface area contributed by atoms with Gasteiger partial charge in [0.15, 0.2) is 0 Å². The Balaban J connectivity index is 1.76. The fraction of sp³-hybridized carbons (Fsp3) is 0.833. The quantitative estimate of drug-likeness (QED) is 0.468. The summed E-state index contributed by atoms with van der Waals surface area (Å²) in [5, 5.41) is 0. The lowest BCUT2D eigenvalue weighted by Gasteiger charge is -2.34. The normalized spacial score (nSPS) is 39.1. The van der Waals surface area contributed by atoms with Crippen molar-refractivity contribution in [3.63, 3.8) is 0 Å². The summed E-state index contributed by atoms with van der Waals surface area (Å²) >= 11 is 0. The van der Waals surface area contributed by atoms with Gasteiger partial charge in [-0.2, -0.15) is 0 Å². The summed E-state index contributed by atoms with van der Waals surface area (Å²) in [6, 6.07) is 0. The average Bonchev–Trinajstić information content (AvgIpc) is 2.85. The molecule has 0 unspecified atom stereocenters. The second-order valence-corrected chi connectivity index (χ2v) is 4.98. The van der Waals surface area contributed by atoms with Crippen LogP contribution in [0.25, 0.3) is 0 Å². The first kappa shape index (κ1) is 9.65. The third kappa shape index (κ3) is 1.32. The molecular weight excluding hydrogens is 186 g/mol. The molecule has 3 aliphatic rings. The molecule has 0 aromatic carbocycles. The maximum absolute atomic E-state index is 3.23. The Kier molecular flexibility index (Phi) is 2.24. The van der Waals surface area contributed by atoms with E-state index in [9.17, 15) is 0 Å². The average molecular weight is 206 g/mol. The van der Waals surface area contributed by atoms with Gasteiger partial charge in [0, 0.05) is 13.1 Å². The Morgan fingerprint density at radius 2 is 1.80 bits per heavy atom. The van der Waals surface area contributed by atoms with Crippen LogP contribution in [0.1, 0.15) is 13.3 Å². The zero-order chi connectivity index (χ0) is 10.3. The fourth-order valence-corrected chi connectivity index (χ4v) is 3.61. The van der Waals surface area contributed by atoms with E-state index in [2.05, 4.69) is 21.6 Å². The largest absolute Gasteiger partial charge is 0.292 e. The summed E-state index contributed by atoms with van der Waals surface area (Å²) < 4.78 is 1.31. The van der Waals surface area contributed by atoms with Crippen molar-refractivity contribution in [3.8, 4) is 11.8 Å². The summed E-state index contributed by atoms with van der Waals surface area (Å²) in [5.41, 5.74) is 0. The van der Waals surface area contributed by atoms with Gasteiger partial charge in [-0.3, -0.25) is 4.48 Å². The monoisotopic (exact) mass is 206 g/mol. The van der Waals surface area contributed by atoms with Crippen LogP contribution in [0.15, 0.2) is 0 Å². The van der Waals surface area contributed by atoms with Crippen molar-refractivity contribution >= 4 is 0 Å². The molecular formula is C12H20N3+. The maximum Gasteiger partial charge on any atom is 0.205 e. The van der Waals surface area contributed by atoms with E-state index >= 15 is 0 Å². The second-order valence-electron chi connectivity index (χ2n) is 4.98. The highest BCUT2D eigenvalue weighted by molar-refractivity contribution is 4.95. The van der Waals surface area contributed by atoms with Crippen LogP contribution < -0.4 is 0 Å². The Bertz CT molecular complexity index is 299. The standard InChI is InChI=1S/C12H20N3/c1-2-3-4-9-15-10-7-13-5-6-14(8-11-15)12(13)15/h12H,4-11H2,1H3/q+1. The lowest BCUT2D eigenvalue weighted by molar-refractivity contribution is -0.936. The Hall–Kier alpha value is -0.560. The van der Waals surface area contributed by atoms with Crippen molar-refractivity contribution in [1.82, 2.24) is 9.80 Å². The van der Waals surface area contributed by atoms with E-state index in [1.54, 1.807) is 0 Å². The lowest BCUT2D eigenvalue weighted by atomic mass is 10.3. The van der Waals surface area contributed by atoms with E-state index in [1.807, 2.05) is 6.92 Å². The summed E-state index contributed by atoms with van der Waals surface area (Å²) in [5.74, 6) is 6.25. The van der Waals surface area contributed by atoms with E-state index < -0.39 is 0 Å². The summed E-state index contributed by atoms with van der Waals surface area (Å²) in [4.78, 5) is 5.35. The number of rotatable bonds is 2. The molecule has 0 N–H and O–H groups in total. The van der Waals surface area contributed by atoms with E-state index in [1.165, 1.54) is 50.3 Å². The van der Waals surface area contributed by atoms with Gasteiger partial charge in [-0.1, -0.05) is 5.92 Å². The SMILES string of the molecule is CC#CCC[N+]12CCN3CCN(CC1)C32. The molecule has 0 atom stereocenters. The van der Waals surface area contributed by atoms with Crippen LogP contribution in [-0.2, 0) is 0 Å². The fourth-order valence-electron chi connectivity index (χ4n) is 3.61. The molecule has 3 rings (SSSR count). The van der Waals surface area contributed by atoms with Gasteiger partial charge in [0.2, 0.25) is 6.29 Å². The molecule has 3 heteroatoms. The third-order valence-corrected chi connectivity index (χ3v) is 4.34. The molecule has 0 aliphatic carbocycles. The first-order valence-corrected chi connectivity index (χ1v) is 6.09. The van der Waals surface area contributed by atoms with Crippen molar-refractivity contribution in [2.24, 2.45) is 0 Å². The predicted octanol–water partition coefficient (Wildman–Crippen LogP) is 0.145. The lowest BCUT2D eigenvalue weighted by Crippen LogP contribution is -2.52. The molecule has 3 fully saturated rings. The Morgan fingerprint density at radius 1 is 1.13 bits per heavy atom. The van der Waals surface area contributed by atoms with Gasteiger partial charge in [0.1, 0.15) is 0 Å². The van der Waals surface area contributed by atoms with Crippen LogP contribution in [0.5, 0.6) is 0 Å². The van der Waals surface area contributed by atoms with Crippen LogP contribution in [-0.4, -0.2) is 66.4 Å². The molecule has 0 spiro atoms. The van der Waals surface area contributed by atoms with Gasteiger partial charge < -0.3 is 0 Å². The van der Waals surface area contributed by atoms with Crippen molar-refractivity contribution in [2.75, 3.05) is 45.8 Å². The first-order chi connectivity index (χ1) is 7.36. The van der Waals surface area contributed by atoms with Gasteiger partial charge >= 0.3 is 0 Å². The molecule has 3 heterocycles. The van der Waals surface area contributed by atoms with E-state index in [4.69, 9.17) is 0 Å². The number of nitrogens with zero attached hydrogens (tertiary/aromatic N) is 3. The van der Waals surface area contributed by atoms with Crippen molar-refractivity contribution in [3.05, 3.63) is 0 Å². The minimum absolute atomic E-state index is 0.726. The highest BCUT2D eigenvalue weighted by atomic mass is 15.7.